The molecular weight excluding hydrogens is 184 g/mol. The summed E-state index contributed by atoms with van der Waals surface area (Å²) in [6.45, 7) is 4.50. The van der Waals surface area contributed by atoms with Crippen LogP contribution in [0.5, 0.6) is 0 Å². The number of carbonyl (C=O) groups is 1. The van der Waals surface area contributed by atoms with E-state index < -0.39 is 0 Å². The van der Waals surface area contributed by atoms with Crippen LogP contribution in [0.4, 0.5) is 0 Å². The standard InChI is InChI=1S/C14H18O/c1-11(12-6-4-3-5-7-12)13-10-14(13,2)8-9-15/h3-7,9,11,13H,8,10H2,1-2H3/t11?,13-,14-/m0/s1. The smallest absolute Gasteiger partial charge is 0.120 e. The zero-order chi connectivity index (χ0) is 10.9. The highest BCUT2D eigenvalue weighted by Crippen LogP contribution is 2.60. The Bertz CT molecular complexity index is 344. The van der Waals surface area contributed by atoms with Crippen LogP contribution in [0, 0.1) is 11.3 Å². The van der Waals surface area contributed by atoms with Gasteiger partial charge in [0.2, 0.25) is 0 Å². The summed E-state index contributed by atoms with van der Waals surface area (Å²) in [6, 6.07) is 10.6. The Morgan fingerprint density at radius 3 is 2.73 bits per heavy atom. The van der Waals surface area contributed by atoms with Crippen molar-refractivity contribution in [3.8, 4) is 0 Å². The molecule has 0 saturated heterocycles. The number of benzene rings is 1. The van der Waals surface area contributed by atoms with Gasteiger partial charge in [-0.3, -0.25) is 0 Å². The molecule has 80 valence electrons. The maximum atomic E-state index is 10.6. The molecule has 3 atom stereocenters. The van der Waals surface area contributed by atoms with Gasteiger partial charge in [-0.25, -0.2) is 0 Å². The van der Waals surface area contributed by atoms with Gasteiger partial charge in [-0.05, 0) is 29.2 Å². The van der Waals surface area contributed by atoms with Crippen molar-refractivity contribution in [2.45, 2.75) is 32.6 Å². The lowest BCUT2D eigenvalue weighted by Crippen LogP contribution is -2.05. The quantitative estimate of drug-likeness (QED) is 0.684. The Labute approximate surface area is 91.5 Å². The highest BCUT2D eigenvalue weighted by atomic mass is 16.1. The Morgan fingerprint density at radius 2 is 2.13 bits per heavy atom. The van der Waals surface area contributed by atoms with Gasteiger partial charge in [0.05, 0.1) is 0 Å². The molecule has 1 aromatic carbocycles. The van der Waals surface area contributed by atoms with Gasteiger partial charge in [0.25, 0.3) is 0 Å². The molecule has 1 aliphatic carbocycles. The number of carbonyl (C=O) groups excluding carboxylic acids is 1. The fourth-order valence-corrected chi connectivity index (χ4v) is 2.64. The predicted octanol–water partition coefficient (Wildman–Crippen LogP) is 3.41. The lowest BCUT2D eigenvalue weighted by Gasteiger charge is -2.14. The SMILES string of the molecule is CC(c1ccccc1)[C@@H]1C[C@]1(C)CC=O. The van der Waals surface area contributed by atoms with Crippen LogP contribution < -0.4 is 0 Å². The van der Waals surface area contributed by atoms with E-state index >= 15 is 0 Å². The predicted molar refractivity (Wildman–Crippen MR) is 61.8 cm³/mol. The summed E-state index contributed by atoms with van der Waals surface area (Å²) in [6.07, 6.45) is 2.98. The second-order valence-corrected chi connectivity index (χ2v) is 5.03. The van der Waals surface area contributed by atoms with Crippen molar-refractivity contribution >= 4 is 6.29 Å². The van der Waals surface area contributed by atoms with E-state index in [-0.39, 0.29) is 5.41 Å². The highest BCUT2D eigenvalue weighted by Gasteiger charge is 2.51. The van der Waals surface area contributed by atoms with Crippen LogP contribution in [-0.2, 0) is 4.79 Å². The molecule has 15 heavy (non-hydrogen) atoms. The maximum absolute atomic E-state index is 10.6. The van der Waals surface area contributed by atoms with Crippen LogP contribution in [0.2, 0.25) is 0 Å². The normalized spacial score (nSPS) is 30.9. The molecule has 2 rings (SSSR count). The Morgan fingerprint density at radius 1 is 1.47 bits per heavy atom. The van der Waals surface area contributed by atoms with Crippen LogP contribution >= 0.6 is 0 Å². The third-order valence-corrected chi connectivity index (χ3v) is 3.90. The van der Waals surface area contributed by atoms with Crippen molar-refractivity contribution in [1.82, 2.24) is 0 Å². The van der Waals surface area contributed by atoms with Crippen molar-refractivity contribution in [3.63, 3.8) is 0 Å². The summed E-state index contributed by atoms with van der Waals surface area (Å²) in [5, 5.41) is 0. The van der Waals surface area contributed by atoms with E-state index in [2.05, 4.69) is 38.1 Å². The fraction of sp³-hybridized carbons (Fsp3) is 0.500. The van der Waals surface area contributed by atoms with E-state index in [4.69, 9.17) is 0 Å². The Hall–Kier alpha value is -1.11. The topological polar surface area (TPSA) is 17.1 Å². The van der Waals surface area contributed by atoms with Crippen LogP contribution in [0.25, 0.3) is 0 Å². The van der Waals surface area contributed by atoms with E-state index in [1.165, 1.54) is 12.0 Å². The van der Waals surface area contributed by atoms with Crippen LogP contribution in [-0.4, -0.2) is 6.29 Å². The van der Waals surface area contributed by atoms with Gasteiger partial charge in [-0.15, -0.1) is 0 Å². The Kier molecular flexibility index (Phi) is 2.64. The van der Waals surface area contributed by atoms with Crippen LogP contribution in [0.15, 0.2) is 30.3 Å². The first kappa shape index (κ1) is 10.4. The van der Waals surface area contributed by atoms with E-state index in [9.17, 15) is 4.79 Å². The molecule has 0 N–H and O–H groups in total. The number of rotatable bonds is 4. The lowest BCUT2D eigenvalue weighted by atomic mass is 9.90. The summed E-state index contributed by atoms with van der Waals surface area (Å²) in [7, 11) is 0. The molecule has 0 bridgehead atoms. The van der Waals surface area contributed by atoms with E-state index in [0.717, 1.165) is 12.7 Å². The average Bonchev–Trinajstić information content (AvgIpc) is 2.91. The number of hydrogen-bond donors (Lipinski definition) is 0. The van der Waals surface area contributed by atoms with E-state index in [0.29, 0.717) is 11.8 Å². The zero-order valence-corrected chi connectivity index (χ0v) is 9.44. The van der Waals surface area contributed by atoms with Gasteiger partial charge >= 0.3 is 0 Å². The molecule has 1 unspecified atom stereocenters. The molecule has 0 radical (unpaired) electrons. The number of hydrogen-bond acceptors (Lipinski definition) is 1. The van der Waals surface area contributed by atoms with Crippen molar-refractivity contribution in [3.05, 3.63) is 35.9 Å². The Balaban J connectivity index is 2.06. The molecule has 1 nitrogen and oxygen atoms in total. The first-order chi connectivity index (χ1) is 7.17. The van der Waals surface area contributed by atoms with Crippen molar-refractivity contribution in [2.75, 3.05) is 0 Å². The van der Waals surface area contributed by atoms with Gasteiger partial charge < -0.3 is 4.79 Å². The summed E-state index contributed by atoms with van der Waals surface area (Å²) in [5.41, 5.74) is 1.67. The molecule has 0 heterocycles. The fourth-order valence-electron chi connectivity index (χ4n) is 2.64. The third-order valence-electron chi connectivity index (χ3n) is 3.90. The van der Waals surface area contributed by atoms with E-state index in [1.807, 2.05) is 6.07 Å². The average molecular weight is 202 g/mol. The van der Waals surface area contributed by atoms with Crippen molar-refractivity contribution in [1.29, 1.82) is 0 Å². The first-order valence-corrected chi connectivity index (χ1v) is 5.66. The molecule has 0 aromatic heterocycles. The molecule has 1 heteroatoms. The summed E-state index contributed by atoms with van der Waals surface area (Å²) in [4.78, 5) is 10.6. The van der Waals surface area contributed by atoms with Crippen molar-refractivity contribution < 1.29 is 4.79 Å². The highest BCUT2D eigenvalue weighted by molar-refractivity contribution is 5.52. The van der Waals surface area contributed by atoms with Crippen LogP contribution in [0.3, 0.4) is 0 Å². The van der Waals surface area contributed by atoms with Gasteiger partial charge in [0.15, 0.2) is 0 Å². The molecule has 1 saturated carbocycles. The largest absolute Gasteiger partial charge is 0.303 e. The molecule has 0 amide bonds. The third kappa shape index (κ3) is 1.97. The summed E-state index contributed by atoms with van der Waals surface area (Å²) < 4.78 is 0. The molecule has 0 aliphatic heterocycles. The second-order valence-electron chi connectivity index (χ2n) is 5.03. The molecule has 1 fully saturated rings. The van der Waals surface area contributed by atoms with Gasteiger partial charge in [-0.1, -0.05) is 44.2 Å². The first-order valence-electron chi connectivity index (χ1n) is 5.66. The minimum atomic E-state index is 0.275. The minimum Gasteiger partial charge on any atom is -0.303 e. The summed E-state index contributed by atoms with van der Waals surface area (Å²) in [5.74, 6) is 1.27. The van der Waals surface area contributed by atoms with Crippen molar-refractivity contribution in [2.24, 2.45) is 11.3 Å². The molecule has 1 aromatic rings. The second kappa shape index (κ2) is 3.80. The molecule has 1 aliphatic rings. The molecule has 0 spiro atoms. The lowest BCUT2D eigenvalue weighted by molar-refractivity contribution is -0.108. The number of aldehydes is 1. The van der Waals surface area contributed by atoms with E-state index in [1.54, 1.807) is 0 Å². The summed E-state index contributed by atoms with van der Waals surface area (Å²) >= 11 is 0. The van der Waals surface area contributed by atoms with Gasteiger partial charge in [-0.2, -0.15) is 0 Å². The van der Waals surface area contributed by atoms with Gasteiger partial charge in [0.1, 0.15) is 6.29 Å². The minimum absolute atomic E-state index is 0.275. The van der Waals surface area contributed by atoms with Crippen LogP contribution in [0.1, 0.15) is 38.2 Å². The zero-order valence-electron chi connectivity index (χ0n) is 9.44. The maximum Gasteiger partial charge on any atom is 0.120 e. The van der Waals surface area contributed by atoms with Gasteiger partial charge in [0, 0.05) is 6.42 Å². The monoisotopic (exact) mass is 202 g/mol. The molecular formula is C14H18O.